The third kappa shape index (κ3) is 4.08. The number of carbonyl (C=O) groups excluding carboxylic acids is 1. The van der Waals surface area contributed by atoms with Crippen LogP contribution in [0.3, 0.4) is 0 Å². The molecular weight excluding hydrogens is 399 g/mol. The lowest BCUT2D eigenvalue weighted by Gasteiger charge is -2.26. The number of anilines is 1. The number of fused-ring (bicyclic) bond motifs is 2. The summed E-state index contributed by atoms with van der Waals surface area (Å²) in [6.45, 7) is 5.14. The van der Waals surface area contributed by atoms with Crippen molar-refractivity contribution < 1.29 is 18.7 Å². The first-order valence-corrected chi connectivity index (χ1v) is 10.5. The van der Waals surface area contributed by atoms with Crippen LogP contribution in [0, 0.1) is 5.82 Å². The van der Waals surface area contributed by atoms with E-state index in [0.29, 0.717) is 23.5 Å². The van der Waals surface area contributed by atoms with Crippen LogP contribution in [-0.2, 0) is 9.53 Å². The lowest BCUT2D eigenvalue weighted by Crippen LogP contribution is -2.37. The van der Waals surface area contributed by atoms with Gasteiger partial charge in [-0.05, 0) is 36.2 Å². The standard InChI is InChI=1S/C23H23FN4O3/c24-15-2-4-17-20(12-15)27-23(29)21(17)22-18-5-3-16(13-19(18)25-14-26-22)31-9-1-6-28-7-10-30-11-8-28/h2-5,12-14,21H,1,6-11H2,(H,27,29). The molecule has 3 heterocycles. The molecule has 1 aromatic heterocycles. The number of ether oxygens (including phenoxy) is 2. The maximum Gasteiger partial charge on any atom is 0.238 e. The topological polar surface area (TPSA) is 76.6 Å². The monoisotopic (exact) mass is 422 g/mol. The minimum Gasteiger partial charge on any atom is -0.493 e. The lowest BCUT2D eigenvalue weighted by molar-refractivity contribution is -0.116. The number of hydrogen-bond acceptors (Lipinski definition) is 6. The van der Waals surface area contributed by atoms with E-state index in [4.69, 9.17) is 9.47 Å². The van der Waals surface area contributed by atoms with Crippen LogP contribution in [0.1, 0.15) is 23.6 Å². The summed E-state index contributed by atoms with van der Waals surface area (Å²) in [4.78, 5) is 23.8. The number of carbonyl (C=O) groups is 1. The van der Waals surface area contributed by atoms with Gasteiger partial charge in [0.05, 0.1) is 31.0 Å². The highest BCUT2D eigenvalue weighted by Gasteiger charge is 2.34. The summed E-state index contributed by atoms with van der Waals surface area (Å²) in [6, 6.07) is 9.96. The van der Waals surface area contributed by atoms with Crippen molar-refractivity contribution in [2.24, 2.45) is 0 Å². The molecule has 0 aliphatic carbocycles. The van der Waals surface area contributed by atoms with Gasteiger partial charge in [-0.15, -0.1) is 0 Å². The van der Waals surface area contributed by atoms with E-state index in [-0.39, 0.29) is 11.7 Å². The summed E-state index contributed by atoms with van der Waals surface area (Å²) in [5, 5.41) is 3.53. The van der Waals surface area contributed by atoms with E-state index in [2.05, 4.69) is 20.2 Å². The van der Waals surface area contributed by atoms with Gasteiger partial charge in [-0.2, -0.15) is 0 Å². The van der Waals surface area contributed by atoms with Gasteiger partial charge in [0.1, 0.15) is 23.8 Å². The highest BCUT2D eigenvalue weighted by Crippen LogP contribution is 2.39. The zero-order chi connectivity index (χ0) is 21.2. The predicted octanol–water partition coefficient (Wildman–Crippen LogP) is 2.95. The summed E-state index contributed by atoms with van der Waals surface area (Å²) in [7, 11) is 0. The Bertz CT molecular complexity index is 1120. The molecule has 2 aliphatic heterocycles. The zero-order valence-electron chi connectivity index (χ0n) is 17.0. The molecule has 1 unspecified atom stereocenters. The molecular formula is C23H23FN4O3. The molecule has 0 saturated carbocycles. The molecule has 1 N–H and O–H groups in total. The quantitative estimate of drug-likeness (QED) is 0.616. The highest BCUT2D eigenvalue weighted by atomic mass is 19.1. The molecule has 160 valence electrons. The summed E-state index contributed by atoms with van der Waals surface area (Å²) < 4.78 is 24.8. The summed E-state index contributed by atoms with van der Waals surface area (Å²) in [5.41, 5.74) is 2.52. The Balaban J connectivity index is 1.32. The Kier molecular flexibility index (Phi) is 5.48. The maximum atomic E-state index is 13.6. The second kappa shape index (κ2) is 8.56. The molecule has 3 aromatic rings. The van der Waals surface area contributed by atoms with Gasteiger partial charge < -0.3 is 14.8 Å². The van der Waals surface area contributed by atoms with Crippen molar-refractivity contribution in [1.29, 1.82) is 0 Å². The van der Waals surface area contributed by atoms with Gasteiger partial charge in [0.15, 0.2) is 0 Å². The normalized spacial score (nSPS) is 18.7. The van der Waals surface area contributed by atoms with Crippen LogP contribution in [0.5, 0.6) is 5.75 Å². The van der Waals surface area contributed by atoms with Crippen molar-refractivity contribution >= 4 is 22.5 Å². The second-order valence-corrected chi connectivity index (χ2v) is 7.75. The zero-order valence-corrected chi connectivity index (χ0v) is 17.0. The first-order valence-electron chi connectivity index (χ1n) is 10.5. The van der Waals surface area contributed by atoms with Crippen LogP contribution in [0.15, 0.2) is 42.7 Å². The number of aromatic nitrogens is 2. The fraction of sp³-hybridized carbons (Fsp3) is 0.348. The van der Waals surface area contributed by atoms with E-state index in [1.165, 1.54) is 18.5 Å². The Labute approximate surface area is 179 Å². The minimum atomic E-state index is -0.596. The summed E-state index contributed by atoms with van der Waals surface area (Å²) in [5.74, 6) is -0.467. The Morgan fingerprint density at radius 2 is 2.03 bits per heavy atom. The van der Waals surface area contributed by atoms with Crippen LogP contribution in [-0.4, -0.2) is 60.2 Å². The van der Waals surface area contributed by atoms with Crippen LogP contribution in [0.2, 0.25) is 0 Å². The lowest BCUT2D eigenvalue weighted by atomic mass is 9.94. The third-order valence-corrected chi connectivity index (χ3v) is 5.75. The number of nitrogens with zero attached hydrogens (tertiary/aromatic N) is 3. The van der Waals surface area contributed by atoms with Crippen molar-refractivity contribution in [3.8, 4) is 5.75 Å². The average molecular weight is 422 g/mol. The first kappa shape index (κ1) is 19.8. The molecule has 0 bridgehead atoms. The number of halogens is 1. The van der Waals surface area contributed by atoms with Crippen LogP contribution in [0.25, 0.3) is 10.9 Å². The van der Waals surface area contributed by atoms with E-state index in [1.54, 1.807) is 6.07 Å². The molecule has 1 amide bonds. The van der Waals surface area contributed by atoms with E-state index in [0.717, 1.165) is 56.0 Å². The molecule has 1 atom stereocenters. The van der Waals surface area contributed by atoms with Crippen LogP contribution in [0.4, 0.5) is 10.1 Å². The third-order valence-electron chi connectivity index (χ3n) is 5.75. The van der Waals surface area contributed by atoms with Gasteiger partial charge in [0.25, 0.3) is 0 Å². The van der Waals surface area contributed by atoms with E-state index in [1.807, 2.05) is 18.2 Å². The molecule has 1 saturated heterocycles. The fourth-order valence-corrected chi connectivity index (χ4v) is 4.19. The van der Waals surface area contributed by atoms with Gasteiger partial charge in [0.2, 0.25) is 5.91 Å². The summed E-state index contributed by atoms with van der Waals surface area (Å²) >= 11 is 0. The molecule has 7 nitrogen and oxygen atoms in total. The van der Waals surface area contributed by atoms with Gasteiger partial charge in [0, 0.05) is 36.8 Å². The highest BCUT2D eigenvalue weighted by molar-refractivity contribution is 6.06. The van der Waals surface area contributed by atoms with Crippen LogP contribution >= 0.6 is 0 Å². The largest absolute Gasteiger partial charge is 0.493 e. The van der Waals surface area contributed by atoms with Gasteiger partial charge in [-0.3, -0.25) is 9.69 Å². The predicted molar refractivity (Wildman–Crippen MR) is 114 cm³/mol. The smallest absolute Gasteiger partial charge is 0.238 e. The maximum absolute atomic E-state index is 13.6. The van der Waals surface area contributed by atoms with Crippen molar-refractivity contribution in [2.75, 3.05) is 44.8 Å². The van der Waals surface area contributed by atoms with Gasteiger partial charge >= 0.3 is 0 Å². The van der Waals surface area contributed by atoms with Crippen molar-refractivity contribution in [3.05, 3.63) is 59.8 Å². The molecule has 0 spiro atoms. The van der Waals surface area contributed by atoms with E-state index >= 15 is 0 Å². The number of amides is 1. The number of benzene rings is 2. The van der Waals surface area contributed by atoms with Crippen LogP contribution < -0.4 is 10.1 Å². The van der Waals surface area contributed by atoms with E-state index in [9.17, 15) is 9.18 Å². The number of hydrogen-bond donors (Lipinski definition) is 1. The SMILES string of the molecule is O=C1Nc2cc(F)ccc2C1c1ncnc2cc(OCCCN3CCOCC3)ccc12. The Morgan fingerprint density at radius 3 is 2.90 bits per heavy atom. The molecule has 2 aliphatic rings. The number of nitrogens with one attached hydrogen (secondary N) is 1. The minimum absolute atomic E-state index is 0.218. The Hall–Kier alpha value is -3.10. The molecule has 5 rings (SSSR count). The first-order chi connectivity index (χ1) is 15.2. The molecule has 31 heavy (non-hydrogen) atoms. The number of rotatable bonds is 6. The van der Waals surface area contributed by atoms with E-state index < -0.39 is 5.92 Å². The molecule has 8 heteroatoms. The van der Waals surface area contributed by atoms with Gasteiger partial charge in [-0.25, -0.2) is 14.4 Å². The van der Waals surface area contributed by atoms with Crippen molar-refractivity contribution in [3.63, 3.8) is 0 Å². The molecule has 0 radical (unpaired) electrons. The second-order valence-electron chi connectivity index (χ2n) is 7.75. The fourth-order valence-electron chi connectivity index (χ4n) is 4.19. The number of morpholine rings is 1. The Morgan fingerprint density at radius 1 is 1.16 bits per heavy atom. The summed E-state index contributed by atoms with van der Waals surface area (Å²) in [6.07, 6.45) is 2.39. The average Bonchev–Trinajstić information content (AvgIpc) is 3.11. The van der Waals surface area contributed by atoms with Crippen molar-refractivity contribution in [1.82, 2.24) is 14.9 Å². The van der Waals surface area contributed by atoms with Gasteiger partial charge in [-0.1, -0.05) is 6.07 Å². The molecule has 1 fully saturated rings. The van der Waals surface area contributed by atoms with Crippen molar-refractivity contribution in [2.45, 2.75) is 12.3 Å². The molecule has 2 aromatic carbocycles.